The maximum absolute atomic E-state index is 11.2. The molecule has 0 amide bonds. The molecule has 0 radical (unpaired) electrons. The van der Waals surface area contributed by atoms with Gasteiger partial charge in [0.25, 0.3) is 0 Å². The second kappa shape index (κ2) is 7.68. The highest BCUT2D eigenvalue weighted by atomic mass is 16.5. The molecule has 0 fully saturated rings. The van der Waals surface area contributed by atoms with Gasteiger partial charge < -0.3 is 15.0 Å². The Morgan fingerprint density at radius 2 is 2.05 bits per heavy atom. The molecule has 0 saturated heterocycles. The van der Waals surface area contributed by atoms with Gasteiger partial charge in [0.2, 0.25) is 0 Å². The molecule has 1 aromatic rings. The Morgan fingerprint density at radius 3 is 2.53 bits per heavy atom. The molecule has 1 atom stereocenters. The standard InChI is InChI=1S/C13H22N4O2/c1-5-17(6-2)9-10(3)14-12-8-7-11(15-16-12)13(18)19-4/h7-8,10H,5-6,9H2,1-4H3,(H,14,16). The third-order valence-corrected chi connectivity index (χ3v) is 2.88. The van der Waals surface area contributed by atoms with Crippen LogP contribution in [0.25, 0.3) is 0 Å². The molecule has 106 valence electrons. The van der Waals surface area contributed by atoms with E-state index in [0.717, 1.165) is 19.6 Å². The lowest BCUT2D eigenvalue weighted by molar-refractivity contribution is 0.0593. The number of rotatable bonds is 7. The minimum atomic E-state index is -0.477. The summed E-state index contributed by atoms with van der Waals surface area (Å²) in [5.74, 6) is 0.183. The van der Waals surface area contributed by atoms with Gasteiger partial charge in [-0.3, -0.25) is 0 Å². The number of esters is 1. The number of ether oxygens (including phenoxy) is 1. The molecule has 0 bridgehead atoms. The summed E-state index contributed by atoms with van der Waals surface area (Å²) in [5, 5.41) is 11.0. The summed E-state index contributed by atoms with van der Waals surface area (Å²) in [4.78, 5) is 13.5. The Bertz CT molecular complexity index is 390. The normalized spacial score (nSPS) is 12.3. The molecule has 1 aromatic heterocycles. The number of likely N-dealkylation sites (N-methyl/N-ethyl adjacent to an activating group) is 1. The molecule has 19 heavy (non-hydrogen) atoms. The van der Waals surface area contributed by atoms with Gasteiger partial charge in [-0.25, -0.2) is 4.79 Å². The van der Waals surface area contributed by atoms with Crippen LogP contribution in [-0.4, -0.2) is 53.9 Å². The zero-order valence-corrected chi connectivity index (χ0v) is 12.0. The van der Waals surface area contributed by atoms with E-state index in [9.17, 15) is 4.79 Å². The van der Waals surface area contributed by atoms with Crippen molar-refractivity contribution < 1.29 is 9.53 Å². The molecule has 1 heterocycles. The number of methoxy groups -OCH3 is 1. The monoisotopic (exact) mass is 266 g/mol. The van der Waals surface area contributed by atoms with E-state index < -0.39 is 5.97 Å². The summed E-state index contributed by atoms with van der Waals surface area (Å²) >= 11 is 0. The number of nitrogens with one attached hydrogen (secondary N) is 1. The van der Waals surface area contributed by atoms with Gasteiger partial charge in [0.15, 0.2) is 5.69 Å². The second-order valence-corrected chi connectivity index (χ2v) is 4.33. The Morgan fingerprint density at radius 1 is 1.37 bits per heavy atom. The molecule has 0 saturated carbocycles. The average molecular weight is 266 g/mol. The van der Waals surface area contributed by atoms with Gasteiger partial charge in [-0.1, -0.05) is 13.8 Å². The minimum absolute atomic E-state index is 0.212. The van der Waals surface area contributed by atoms with Crippen molar-refractivity contribution in [3.05, 3.63) is 17.8 Å². The minimum Gasteiger partial charge on any atom is -0.464 e. The predicted octanol–water partition coefficient (Wildman–Crippen LogP) is 1.41. The van der Waals surface area contributed by atoms with E-state index in [-0.39, 0.29) is 11.7 Å². The average Bonchev–Trinajstić information content (AvgIpc) is 2.44. The van der Waals surface area contributed by atoms with Crippen LogP contribution in [-0.2, 0) is 4.74 Å². The Labute approximate surface area is 114 Å². The van der Waals surface area contributed by atoms with Crippen LogP contribution in [0.2, 0.25) is 0 Å². The lowest BCUT2D eigenvalue weighted by Crippen LogP contribution is -2.35. The van der Waals surface area contributed by atoms with E-state index in [1.54, 1.807) is 12.1 Å². The zero-order chi connectivity index (χ0) is 14.3. The maximum atomic E-state index is 11.2. The molecule has 1 rings (SSSR count). The Hall–Kier alpha value is -1.69. The second-order valence-electron chi connectivity index (χ2n) is 4.33. The molecule has 0 aliphatic heterocycles. The molecule has 6 nitrogen and oxygen atoms in total. The summed E-state index contributed by atoms with van der Waals surface area (Å²) in [5.41, 5.74) is 0.212. The van der Waals surface area contributed by atoms with Crippen LogP contribution in [0.5, 0.6) is 0 Å². The summed E-state index contributed by atoms with van der Waals surface area (Å²) in [6.45, 7) is 9.36. The molecule has 1 unspecified atom stereocenters. The number of hydrogen-bond donors (Lipinski definition) is 1. The van der Waals surface area contributed by atoms with E-state index in [0.29, 0.717) is 5.82 Å². The third-order valence-electron chi connectivity index (χ3n) is 2.88. The third kappa shape index (κ3) is 4.82. The largest absolute Gasteiger partial charge is 0.464 e. The quantitative estimate of drug-likeness (QED) is 0.753. The summed E-state index contributed by atoms with van der Waals surface area (Å²) in [7, 11) is 1.32. The van der Waals surface area contributed by atoms with Crippen LogP contribution < -0.4 is 5.32 Å². The number of anilines is 1. The molecule has 6 heteroatoms. The highest BCUT2D eigenvalue weighted by molar-refractivity contribution is 5.86. The Balaban J connectivity index is 2.55. The van der Waals surface area contributed by atoms with E-state index >= 15 is 0 Å². The van der Waals surface area contributed by atoms with Crippen LogP contribution in [0.3, 0.4) is 0 Å². The Kier molecular flexibility index (Phi) is 6.21. The first-order chi connectivity index (χ1) is 9.10. The lowest BCUT2D eigenvalue weighted by atomic mass is 10.3. The van der Waals surface area contributed by atoms with E-state index in [2.05, 4.69) is 45.9 Å². The van der Waals surface area contributed by atoms with E-state index in [4.69, 9.17) is 0 Å². The van der Waals surface area contributed by atoms with Crippen molar-refractivity contribution in [3.8, 4) is 0 Å². The van der Waals surface area contributed by atoms with Crippen LogP contribution in [0.1, 0.15) is 31.3 Å². The molecule has 0 spiro atoms. The predicted molar refractivity (Wildman–Crippen MR) is 74.2 cm³/mol. The van der Waals surface area contributed by atoms with E-state index in [1.807, 2.05) is 0 Å². The number of nitrogens with zero attached hydrogens (tertiary/aromatic N) is 3. The van der Waals surface area contributed by atoms with Gasteiger partial charge >= 0.3 is 5.97 Å². The summed E-state index contributed by atoms with van der Waals surface area (Å²) in [6, 6.07) is 3.60. The fourth-order valence-electron chi connectivity index (χ4n) is 1.79. The summed E-state index contributed by atoms with van der Waals surface area (Å²) in [6.07, 6.45) is 0. The fourth-order valence-corrected chi connectivity index (χ4v) is 1.79. The van der Waals surface area contributed by atoms with Crippen molar-refractivity contribution in [2.45, 2.75) is 26.8 Å². The number of carbonyl (C=O) groups excluding carboxylic acids is 1. The fraction of sp³-hybridized carbons (Fsp3) is 0.615. The summed E-state index contributed by atoms with van der Waals surface area (Å²) < 4.78 is 4.57. The van der Waals surface area contributed by atoms with Gasteiger partial charge in [-0.2, -0.15) is 0 Å². The SMILES string of the molecule is CCN(CC)CC(C)Nc1ccc(C(=O)OC)nn1. The number of aromatic nitrogens is 2. The topological polar surface area (TPSA) is 67.4 Å². The van der Waals surface area contributed by atoms with Gasteiger partial charge in [-0.15, -0.1) is 10.2 Å². The maximum Gasteiger partial charge on any atom is 0.358 e. The number of hydrogen-bond acceptors (Lipinski definition) is 6. The molecule has 0 aromatic carbocycles. The molecule has 0 aliphatic rings. The molecule has 1 N–H and O–H groups in total. The van der Waals surface area contributed by atoms with Gasteiger partial charge in [0.1, 0.15) is 5.82 Å². The smallest absolute Gasteiger partial charge is 0.358 e. The van der Waals surface area contributed by atoms with Gasteiger partial charge in [0.05, 0.1) is 7.11 Å². The van der Waals surface area contributed by atoms with Crippen molar-refractivity contribution in [1.82, 2.24) is 15.1 Å². The molecule has 0 aliphatic carbocycles. The van der Waals surface area contributed by atoms with Gasteiger partial charge in [0, 0.05) is 12.6 Å². The zero-order valence-electron chi connectivity index (χ0n) is 12.0. The van der Waals surface area contributed by atoms with Crippen molar-refractivity contribution in [2.24, 2.45) is 0 Å². The lowest BCUT2D eigenvalue weighted by Gasteiger charge is -2.23. The van der Waals surface area contributed by atoms with Crippen molar-refractivity contribution in [2.75, 3.05) is 32.1 Å². The van der Waals surface area contributed by atoms with E-state index in [1.165, 1.54) is 7.11 Å². The highest BCUT2D eigenvalue weighted by Gasteiger charge is 2.10. The van der Waals surface area contributed by atoms with Crippen molar-refractivity contribution in [3.63, 3.8) is 0 Å². The van der Waals surface area contributed by atoms with Crippen molar-refractivity contribution >= 4 is 11.8 Å². The first kappa shape index (κ1) is 15.4. The first-order valence-electron chi connectivity index (χ1n) is 6.51. The van der Waals surface area contributed by atoms with Crippen molar-refractivity contribution in [1.29, 1.82) is 0 Å². The highest BCUT2D eigenvalue weighted by Crippen LogP contribution is 2.05. The molecular weight excluding hydrogens is 244 g/mol. The number of carbonyl (C=O) groups is 1. The molecular formula is C13H22N4O2. The van der Waals surface area contributed by atoms with Crippen LogP contribution >= 0.6 is 0 Å². The van der Waals surface area contributed by atoms with Gasteiger partial charge in [-0.05, 0) is 32.1 Å². The van der Waals surface area contributed by atoms with Crippen LogP contribution in [0.4, 0.5) is 5.82 Å². The van der Waals surface area contributed by atoms with Crippen LogP contribution in [0, 0.1) is 0 Å². The first-order valence-corrected chi connectivity index (χ1v) is 6.51. The van der Waals surface area contributed by atoms with Crippen LogP contribution in [0.15, 0.2) is 12.1 Å².